The zero-order valence-corrected chi connectivity index (χ0v) is 13.4. The average Bonchev–Trinajstić information content (AvgIpc) is 2.97. The molecular formula is C16H21N5O2. The molecule has 0 aromatic carbocycles. The third-order valence-corrected chi connectivity index (χ3v) is 4.31. The zero-order chi connectivity index (χ0) is 16.4. The fourth-order valence-corrected chi connectivity index (χ4v) is 3.13. The number of rotatable bonds is 3. The van der Waals surface area contributed by atoms with Crippen molar-refractivity contribution in [3.05, 3.63) is 35.5 Å². The zero-order valence-electron chi connectivity index (χ0n) is 13.4. The molecule has 0 radical (unpaired) electrons. The Morgan fingerprint density at radius 2 is 2.09 bits per heavy atom. The van der Waals surface area contributed by atoms with Crippen LogP contribution in [0.25, 0.3) is 0 Å². The van der Waals surface area contributed by atoms with Crippen molar-refractivity contribution < 1.29 is 9.32 Å². The molecule has 2 N–H and O–H groups in total. The van der Waals surface area contributed by atoms with Crippen LogP contribution in [-0.2, 0) is 0 Å². The second-order valence-electron chi connectivity index (χ2n) is 6.16. The van der Waals surface area contributed by atoms with Crippen molar-refractivity contribution in [3.63, 3.8) is 0 Å². The Balaban J connectivity index is 1.68. The number of hydrogen-bond donors (Lipinski definition) is 1. The summed E-state index contributed by atoms with van der Waals surface area (Å²) < 4.78 is 5.18. The van der Waals surface area contributed by atoms with Gasteiger partial charge in [0.2, 0.25) is 5.88 Å². The van der Waals surface area contributed by atoms with Crippen molar-refractivity contribution in [3.8, 4) is 0 Å². The summed E-state index contributed by atoms with van der Waals surface area (Å²) in [5.41, 5.74) is 8.23. The van der Waals surface area contributed by atoms with Crippen molar-refractivity contribution in [2.75, 3.05) is 18.8 Å². The van der Waals surface area contributed by atoms with Crippen LogP contribution in [-0.4, -0.2) is 39.0 Å². The molecule has 122 valence electrons. The van der Waals surface area contributed by atoms with Gasteiger partial charge in [-0.3, -0.25) is 9.78 Å². The number of carbonyl (C=O) groups is 1. The van der Waals surface area contributed by atoms with Gasteiger partial charge in [-0.05, 0) is 18.8 Å². The molecule has 3 heterocycles. The number of amides is 1. The molecule has 1 amide bonds. The van der Waals surface area contributed by atoms with E-state index in [0.717, 1.165) is 24.1 Å². The number of aromatic nitrogens is 3. The predicted octanol–water partition coefficient (Wildman–Crippen LogP) is 2.19. The van der Waals surface area contributed by atoms with Gasteiger partial charge in [-0.2, -0.15) is 0 Å². The van der Waals surface area contributed by atoms with E-state index in [1.54, 1.807) is 6.20 Å². The minimum absolute atomic E-state index is 0.0692. The Kier molecular flexibility index (Phi) is 4.27. The molecule has 3 rings (SSSR count). The Labute approximate surface area is 134 Å². The van der Waals surface area contributed by atoms with Gasteiger partial charge in [-0.15, -0.1) is 0 Å². The van der Waals surface area contributed by atoms with E-state index in [1.165, 1.54) is 12.4 Å². The van der Waals surface area contributed by atoms with E-state index in [-0.39, 0.29) is 17.7 Å². The van der Waals surface area contributed by atoms with Crippen LogP contribution in [0.3, 0.4) is 0 Å². The maximum Gasteiger partial charge on any atom is 0.274 e. The fraction of sp³-hybridized carbons (Fsp3) is 0.500. The number of likely N-dealkylation sites (tertiary alicyclic amines) is 1. The molecule has 1 fully saturated rings. The molecule has 0 spiro atoms. The Morgan fingerprint density at radius 3 is 2.70 bits per heavy atom. The summed E-state index contributed by atoms with van der Waals surface area (Å²) in [5, 5.41) is 4.16. The summed E-state index contributed by atoms with van der Waals surface area (Å²) in [7, 11) is 0. The second kappa shape index (κ2) is 6.36. The lowest BCUT2D eigenvalue weighted by Gasteiger charge is -2.31. The fourth-order valence-electron chi connectivity index (χ4n) is 3.13. The lowest BCUT2D eigenvalue weighted by molar-refractivity contribution is 0.0705. The lowest BCUT2D eigenvalue weighted by Crippen LogP contribution is -2.38. The van der Waals surface area contributed by atoms with Crippen LogP contribution in [0.2, 0.25) is 0 Å². The number of piperidine rings is 1. The highest BCUT2D eigenvalue weighted by molar-refractivity contribution is 5.92. The van der Waals surface area contributed by atoms with Crippen LogP contribution >= 0.6 is 0 Å². The van der Waals surface area contributed by atoms with Gasteiger partial charge in [0.25, 0.3) is 5.91 Å². The molecule has 2 aromatic heterocycles. The Morgan fingerprint density at radius 1 is 1.35 bits per heavy atom. The van der Waals surface area contributed by atoms with E-state index in [0.29, 0.717) is 24.7 Å². The first kappa shape index (κ1) is 15.5. The molecule has 1 saturated heterocycles. The van der Waals surface area contributed by atoms with Crippen molar-refractivity contribution >= 4 is 11.8 Å². The summed E-state index contributed by atoms with van der Waals surface area (Å²) in [6.45, 7) is 5.51. The van der Waals surface area contributed by atoms with Crippen LogP contribution in [0.1, 0.15) is 60.3 Å². The van der Waals surface area contributed by atoms with E-state index in [1.807, 2.05) is 4.90 Å². The first-order chi connectivity index (χ1) is 11.1. The number of nitrogen functional groups attached to an aromatic ring is 1. The van der Waals surface area contributed by atoms with Gasteiger partial charge in [0.15, 0.2) is 0 Å². The van der Waals surface area contributed by atoms with E-state index in [9.17, 15) is 4.79 Å². The molecule has 0 bridgehead atoms. The minimum atomic E-state index is -0.0692. The molecule has 0 unspecified atom stereocenters. The summed E-state index contributed by atoms with van der Waals surface area (Å²) in [6.07, 6.45) is 6.29. The van der Waals surface area contributed by atoms with Gasteiger partial charge in [-0.25, -0.2) is 4.98 Å². The Hall–Kier alpha value is -2.44. The molecule has 1 aliphatic rings. The van der Waals surface area contributed by atoms with Gasteiger partial charge in [0, 0.05) is 37.0 Å². The number of nitrogens with zero attached hydrogens (tertiary/aromatic N) is 4. The Bertz CT molecular complexity index is 675. The average molecular weight is 315 g/mol. The second-order valence-corrected chi connectivity index (χ2v) is 6.16. The van der Waals surface area contributed by atoms with Crippen LogP contribution in [0.4, 0.5) is 5.88 Å². The highest BCUT2D eigenvalue weighted by Crippen LogP contribution is 2.35. The first-order valence-corrected chi connectivity index (χ1v) is 7.88. The SMILES string of the molecule is CC(C)c1c(C2CCN(C(=O)c3cnccn3)CC2)noc1N. The maximum absolute atomic E-state index is 12.4. The number of nitrogens with two attached hydrogens (primary N) is 1. The molecule has 23 heavy (non-hydrogen) atoms. The van der Waals surface area contributed by atoms with Crippen molar-refractivity contribution in [1.82, 2.24) is 20.0 Å². The summed E-state index contributed by atoms with van der Waals surface area (Å²) in [5.74, 6) is 0.892. The van der Waals surface area contributed by atoms with Gasteiger partial charge in [-0.1, -0.05) is 19.0 Å². The predicted molar refractivity (Wildman–Crippen MR) is 84.9 cm³/mol. The first-order valence-electron chi connectivity index (χ1n) is 7.88. The molecule has 2 aromatic rings. The van der Waals surface area contributed by atoms with Gasteiger partial charge >= 0.3 is 0 Å². The third kappa shape index (κ3) is 3.04. The molecule has 1 aliphatic heterocycles. The lowest BCUT2D eigenvalue weighted by atomic mass is 9.88. The quantitative estimate of drug-likeness (QED) is 0.932. The maximum atomic E-state index is 12.4. The number of hydrogen-bond acceptors (Lipinski definition) is 6. The van der Waals surface area contributed by atoms with E-state index in [4.69, 9.17) is 10.3 Å². The highest BCUT2D eigenvalue weighted by Gasteiger charge is 2.30. The van der Waals surface area contributed by atoms with Crippen LogP contribution in [0, 0.1) is 0 Å². The monoisotopic (exact) mass is 315 g/mol. The standard InChI is InChI=1S/C16H21N5O2/c1-10(2)13-14(20-23-15(13)17)11-3-7-21(8-4-11)16(22)12-9-18-5-6-19-12/h5-6,9-11H,3-4,7-8,17H2,1-2H3. The van der Waals surface area contributed by atoms with Crippen molar-refractivity contribution in [2.24, 2.45) is 0 Å². The van der Waals surface area contributed by atoms with Crippen molar-refractivity contribution in [1.29, 1.82) is 0 Å². The van der Waals surface area contributed by atoms with Crippen molar-refractivity contribution in [2.45, 2.75) is 38.5 Å². The number of anilines is 1. The highest BCUT2D eigenvalue weighted by atomic mass is 16.5. The van der Waals surface area contributed by atoms with Gasteiger partial charge in [0.05, 0.1) is 11.9 Å². The number of carbonyl (C=O) groups excluding carboxylic acids is 1. The normalized spacial score (nSPS) is 16.0. The molecule has 7 nitrogen and oxygen atoms in total. The summed E-state index contributed by atoms with van der Waals surface area (Å²) in [6, 6.07) is 0. The molecule has 0 saturated carbocycles. The molecular weight excluding hydrogens is 294 g/mol. The minimum Gasteiger partial charge on any atom is -0.367 e. The van der Waals surface area contributed by atoms with Gasteiger partial charge < -0.3 is 15.2 Å². The van der Waals surface area contributed by atoms with E-state index >= 15 is 0 Å². The largest absolute Gasteiger partial charge is 0.367 e. The molecule has 0 atom stereocenters. The van der Waals surface area contributed by atoms with Crippen LogP contribution in [0.15, 0.2) is 23.1 Å². The third-order valence-electron chi connectivity index (χ3n) is 4.31. The van der Waals surface area contributed by atoms with E-state index < -0.39 is 0 Å². The molecule has 7 heteroatoms. The van der Waals surface area contributed by atoms with Crippen LogP contribution in [0.5, 0.6) is 0 Å². The topological polar surface area (TPSA) is 98.1 Å². The molecule has 0 aliphatic carbocycles. The smallest absolute Gasteiger partial charge is 0.274 e. The van der Waals surface area contributed by atoms with Crippen LogP contribution < -0.4 is 5.73 Å². The van der Waals surface area contributed by atoms with E-state index in [2.05, 4.69) is 29.0 Å². The summed E-state index contributed by atoms with van der Waals surface area (Å²) >= 11 is 0. The van der Waals surface area contributed by atoms with Gasteiger partial charge in [0.1, 0.15) is 5.69 Å². The summed E-state index contributed by atoms with van der Waals surface area (Å²) in [4.78, 5) is 22.2.